The van der Waals surface area contributed by atoms with Crippen molar-refractivity contribution in [3.63, 3.8) is 0 Å². The molecule has 0 fully saturated rings. The minimum absolute atomic E-state index is 0.192. The minimum Gasteiger partial charge on any atom is -0.271 e. The van der Waals surface area contributed by atoms with E-state index >= 15 is 0 Å². The van der Waals surface area contributed by atoms with Gasteiger partial charge < -0.3 is 0 Å². The summed E-state index contributed by atoms with van der Waals surface area (Å²) in [5.41, 5.74) is 4.54. The fourth-order valence-electron chi connectivity index (χ4n) is 1.73. The Hall–Kier alpha value is -0.980. The van der Waals surface area contributed by atoms with E-state index in [1.54, 1.807) is 6.07 Å². The largest absolute Gasteiger partial charge is 0.271 e. The predicted molar refractivity (Wildman–Crippen MR) is 74.7 cm³/mol. The Bertz CT molecular complexity index is 499. The van der Waals surface area contributed by atoms with Gasteiger partial charge in [0, 0.05) is 3.57 Å². The van der Waals surface area contributed by atoms with Gasteiger partial charge in [-0.15, -0.1) is 0 Å². The van der Waals surface area contributed by atoms with E-state index in [2.05, 4.69) is 28.0 Å². The molecule has 88 valence electrons. The van der Waals surface area contributed by atoms with E-state index in [0.717, 1.165) is 14.7 Å². The first-order valence-corrected chi connectivity index (χ1v) is 6.25. The van der Waals surface area contributed by atoms with Crippen LogP contribution in [0.5, 0.6) is 0 Å². The summed E-state index contributed by atoms with van der Waals surface area (Å²) in [4.78, 5) is 0. The Labute approximate surface area is 113 Å². The zero-order valence-electron chi connectivity index (χ0n) is 9.03. The second kappa shape index (κ2) is 5.57. The molecule has 0 aromatic heterocycles. The van der Waals surface area contributed by atoms with E-state index in [9.17, 15) is 4.39 Å². The molecule has 2 nitrogen and oxygen atoms in total. The molecular formula is C13H12FIN2. The van der Waals surface area contributed by atoms with Crippen molar-refractivity contribution in [3.8, 4) is 0 Å². The third-order valence-electron chi connectivity index (χ3n) is 2.55. The van der Waals surface area contributed by atoms with Gasteiger partial charge in [-0.25, -0.2) is 9.82 Å². The Balaban J connectivity index is 2.36. The summed E-state index contributed by atoms with van der Waals surface area (Å²) >= 11 is 2.24. The van der Waals surface area contributed by atoms with Gasteiger partial charge in [-0.05, 0) is 58.0 Å². The van der Waals surface area contributed by atoms with Crippen LogP contribution in [0.15, 0.2) is 48.5 Å². The van der Waals surface area contributed by atoms with Gasteiger partial charge in [-0.3, -0.25) is 5.84 Å². The molecule has 0 bridgehead atoms. The molecule has 0 amide bonds. The van der Waals surface area contributed by atoms with Gasteiger partial charge in [0.2, 0.25) is 0 Å². The van der Waals surface area contributed by atoms with E-state index < -0.39 is 0 Å². The van der Waals surface area contributed by atoms with Crippen LogP contribution in [0.2, 0.25) is 0 Å². The highest BCUT2D eigenvalue weighted by Gasteiger charge is 2.12. The molecule has 0 heterocycles. The van der Waals surface area contributed by atoms with E-state index in [-0.39, 0.29) is 11.9 Å². The number of halogens is 2. The first kappa shape index (κ1) is 12.5. The lowest BCUT2D eigenvalue weighted by atomic mass is 9.99. The van der Waals surface area contributed by atoms with Gasteiger partial charge in [-0.1, -0.05) is 24.3 Å². The van der Waals surface area contributed by atoms with Gasteiger partial charge in [0.1, 0.15) is 5.82 Å². The fourth-order valence-corrected chi connectivity index (χ4v) is 2.09. The zero-order chi connectivity index (χ0) is 12.3. The van der Waals surface area contributed by atoms with Crippen LogP contribution in [0.3, 0.4) is 0 Å². The minimum atomic E-state index is -0.256. The Morgan fingerprint density at radius 2 is 1.76 bits per heavy atom. The quantitative estimate of drug-likeness (QED) is 0.511. The number of nitrogens with one attached hydrogen (secondary N) is 1. The monoisotopic (exact) mass is 342 g/mol. The van der Waals surface area contributed by atoms with Crippen molar-refractivity contribution in [1.29, 1.82) is 0 Å². The molecule has 0 radical (unpaired) electrons. The molecule has 2 aromatic carbocycles. The van der Waals surface area contributed by atoms with Crippen molar-refractivity contribution in [2.24, 2.45) is 5.84 Å². The maximum absolute atomic E-state index is 13.2. The molecule has 17 heavy (non-hydrogen) atoms. The first-order chi connectivity index (χ1) is 8.20. The second-order valence-electron chi connectivity index (χ2n) is 3.71. The van der Waals surface area contributed by atoms with Crippen LogP contribution in [0.25, 0.3) is 0 Å². The molecule has 1 atom stereocenters. The molecule has 0 saturated carbocycles. The summed E-state index contributed by atoms with van der Waals surface area (Å²) in [7, 11) is 0. The third kappa shape index (κ3) is 3.02. The van der Waals surface area contributed by atoms with Crippen LogP contribution in [-0.4, -0.2) is 0 Å². The van der Waals surface area contributed by atoms with Crippen LogP contribution in [0.1, 0.15) is 17.2 Å². The Morgan fingerprint density at radius 3 is 2.35 bits per heavy atom. The lowest BCUT2D eigenvalue weighted by molar-refractivity contribution is 0.605. The second-order valence-corrected chi connectivity index (χ2v) is 4.95. The maximum Gasteiger partial charge on any atom is 0.123 e. The normalized spacial score (nSPS) is 12.4. The van der Waals surface area contributed by atoms with E-state index in [0.29, 0.717) is 0 Å². The lowest BCUT2D eigenvalue weighted by Crippen LogP contribution is -2.28. The summed E-state index contributed by atoms with van der Waals surface area (Å²) in [6, 6.07) is 14.2. The molecular weight excluding hydrogens is 330 g/mol. The van der Waals surface area contributed by atoms with Crippen LogP contribution >= 0.6 is 22.6 Å². The third-order valence-corrected chi connectivity index (χ3v) is 3.27. The molecule has 1 unspecified atom stereocenters. The summed E-state index contributed by atoms with van der Waals surface area (Å²) in [6.45, 7) is 0. The summed E-state index contributed by atoms with van der Waals surface area (Å²) < 4.78 is 14.3. The summed E-state index contributed by atoms with van der Waals surface area (Å²) in [5.74, 6) is 5.29. The highest BCUT2D eigenvalue weighted by atomic mass is 127. The lowest BCUT2D eigenvalue weighted by Gasteiger charge is -2.17. The zero-order valence-corrected chi connectivity index (χ0v) is 11.2. The maximum atomic E-state index is 13.2. The van der Waals surface area contributed by atoms with Crippen LogP contribution in [0, 0.1) is 9.39 Å². The molecule has 4 heteroatoms. The summed E-state index contributed by atoms with van der Waals surface area (Å²) in [6.07, 6.45) is 0. The van der Waals surface area contributed by atoms with Crippen molar-refractivity contribution in [2.75, 3.05) is 0 Å². The van der Waals surface area contributed by atoms with Gasteiger partial charge in [0.15, 0.2) is 0 Å². The van der Waals surface area contributed by atoms with E-state index in [1.807, 2.05) is 30.3 Å². The van der Waals surface area contributed by atoms with Crippen molar-refractivity contribution in [1.82, 2.24) is 5.43 Å². The molecule has 3 N–H and O–H groups in total. The molecule has 0 spiro atoms. The highest BCUT2D eigenvalue weighted by molar-refractivity contribution is 14.1. The Kier molecular flexibility index (Phi) is 4.09. The number of hydrazine groups is 1. The molecule has 2 rings (SSSR count). The number of rotatable bonds is 3. The van der Waals surface area contributed by atoms with Gasteiger partial charge in [-0.2, -0.15) is 0 Å². The molecule has 0 aliphatic carbocycles. The number of nitrogens with two attached hydrogens (primary N) is 1. The van der Waals surface area contributed by atoms with Crippen LogP contribution < -0.4 is 11.3 Å². The van der Waals surface area contributed by atoms with E-state index in [4.69, 9.17) is 5.84 Å². The average molecular weight is 342 g/mol. The number of benzene rings is 2. The highest BCUT2D eigenvalue weighted by Crippen LogP contribution is 2.22. The molecule has 0 saturated heterocycles. The average Bonchev–Trinajstić information content (AvgIpc) is 2.33. The summed E-state index contributed by atoms with van der Waals surface area (Å²) in [5, 5.41) is 0. The smallest absolute Gasteiger partial charge is 0.123 e. The van der Waals surface area contributed by atoms with E-state index in [1.165, 1.54) is 12.1 Å². The first-order valence-electron chi connectivity index (χ1n) is 5.18. The topological polar surface area (TPSA) is 38.0 Å². The van der Waals surface area contributed by atoms with Crippen molar-refractivity contribution >= 4 is 22.6 Å². The van der Waals surface area contributed by atoms with Gasteiger partial charge in [0.05, 0.1) is 6.04 Å². The molecule has 2 aromatic rings. The Morgan fingerprint density at radius 1 is 1.06 bits per heavy atom. The number of hydrogen-bond donors (Lipinski definition) is 2. The van der Waals surface area contributed by atoms with Crippen molar-refractivity contribution in [2.45, 2.75) is 6.04 Å². The SMILES string of the molecule is NNC(c1ccc(I)cc1)c1cccc(F)c1. The standard InChI is InChI=1S/C13H12FIN2/c14-11-3-1-2-10(8-11)13(17-16)9-4-6-12(15)7-5-9/h1-8,13,17H,16H2. The predicted octanol–water partition coefficient (Wildman–Crippen LogP) is 2.98. The van der Waals surface area contributed by atoms with Crippen molar-refractivity contribution in [3.05, 3.63) is 69.0 Å². The molecule has 0 aliphatic heterocycles. The fraction of sp³-hybridized carbons (Fsp3) is 0.0769. The van der Waals surface area contributed by atoms with Gasteiger partial charge >= 0.3 is 0 Å². The van der Waals surface area contributed by atoms with Crippen molar-refractivity contribution < 1.29 is 4.39 Å². The molecule has 0 aliphatic rings. The van der Waals surface area contributed by atoms with Crippen LogP contribution in [-0.2, 0) is 0 Å². The van der Waals surface area contributed by atoms with Crippen LogP contribution in [0.4, 0.5) is 4.39 Å². The number of hydrogen-bond acceptors (Lipinski definition) is 2. The van der Waals surface area contributed by atoms with Gasteiger partial charge in [0.25, 0.3) is 0 Å².